The summed E-state index contributed by atoms with van der Waals surface area (Å²) in [5.41, 5.74) is 5.91. The molecule has 3 aromatic rings. The predicted octanol–water partition coefficient (Wildman–Crippen LogP) is 4.16. The van der Waals surface area contributed by atoms with Crippen molar-refractivity contribution in [3.8, 4) is 5.69 Å². The fraction of sp³-hybridized carbons (Fsp3) is 0.333. The Kier molecular flexibility index (Phi) is 3.50. The zero-order valence-corrected chi connectivity index (χ0v) is 13.1. The number of benzene rings is 1. The van der Waals surface area contributed by atoms with Gasteiger partial charge in [0, 0.05) is 27.8 Å². The third-order valence-electron chi connectivity index (χ3n) is 4.20. The third-order valence-corrected chi connectivity index (χ3v) is 4.20. The predicted molar refractivity (Wildman–Crippen MR) is 87.1 cm³/mol. The van der Waals surface area contributed by atoms with E-state index in [4.69, 9.17) is 0 Å². The van der Waals surface area contributed by atoms with Crippen LogP contribution in [0.4, 0.5) is 0 Å². The average Bonchev–Trinajstić information content (AvgIpc) is 2.79. The minimum atomic E-state index is 0.909. The molecule has 0 aliphatic heterocycles. The lowest BCUT2D eigenvalue weighted by Crippen LogP contribution is -1.98. The highest BCUT2D eigenvalue weighted by atomic mass is 15.1. The Labute approximate surface area is 125 Å². The van der Waals surface area contributed by atoms with Crippen LogP contribution in [0.15, 0.2) is 30.3 Å². The van der Waals surface area contributed by atoms with Crippen LogP contribution in [-0.2, 0) is 12.8 Å². The quantitative estimate of drug-likeness (QED) is 0.720. The Morgan fingerprint density at radius 2 is 1.29 bits per heavy atom. The summed E-state index contributed by atoms with van der Waals surface area (Å²) < 4.78 is 2.33. The molecular formula is C18H21N3. The van der Waals surface area contributed by atoms with Gasteiger partial charge in [-0.05, 0) is 38.8 Å². The molecule has 0 saturated carbocycles. The molecule has 0 saturated heterocycles. The fourth-order valence-electron chi connectivity index (χ4n) is 3.22. The van der Waals surface area contributed by atoms with Crippen LogP contribution in [0.2, 0.25) is 0 Å². The van der Waals surface area contributed by atoms with E-state index in [0.717, 1.165) is 24.2 Å². The molecule has 1 aromatic carbocycles. The first-order valence-electron chi connectivity index (χ1n) is 7.60. The summed E-state index contributed by atoms with van der Waals surface area (Å²) >= 11 is 0. The van der Waals surface area contributed by atoms with Crippen LogP contribution in [0, 0.1) is 13.8 Å². The number of fused-ring (bicyclic) bond motifs is 1. The molecule has 0 aliphatic rings. The number of para-hydroxylation sites is 1. The molecule has 21 heavy (non-hydrogen) atoms. The second-order valence-electron chi connectivity index (χ2n) is 5.39. The minimum Gasteiger partial charge on any atom is -0.317 e. The first-order valence-corrected chi connectivity index (χ1v) is 7.60. The van der Waals surface area contributed by atoms with Crippen molar-refractivity contribution in [2.24, 2.45) is 0 Å². The van der Waals surface area contributed by atoms with Crippen LogP contribution in [-0.4, -0.2) is 14.8 Å². The van der Waals surface area contributed by atoms with Crippen molar-refractivity contribution < 1.29 is 0 Å². The smallest absolute Gasteiger partial charge is 0.0725 e. The number of hydrogen-bond acceptors (Lipinski definition) is 2. The van der Waals surface area contributed by atoms with Gasteiger partial charge in [-0.2, -0.15) is 10.2 Å². The highest BCUT2D eigenvalue weighted by Gasteiger charge is 2.19. The second kappa shape index (κ2) is 5.32. The van der Waals surface area contributed by atoms with Gasteiger partial charge in [0.25, 0.3) is 0 Å². The SMILES string of the molecule is CCc1nnc(CC)c2c(C)n(-c3ccccc3)c(C)c12. The van der Waals surface area contributed by atoms with Crippen molar-refractivity contribution in [3.63, 3.8) is 0 Å². The van der Waals surface area contributed by atoms with Crippen molar-refractivity contribution in [2.45, 2.75) is 40.5 Å². The summed E-state index contributed by atoms with van der Waals surface area (Å²) in [7, 11) is 0. The molecule has 0 atom stereocenters. The summed E-state index contributed by atoms with van der Waals surface area (Å²) in [6.07, 6.45) is 1.82. The first kappa shape index (κ1) is 13.8. The van der Waals surface area contributed by atoms with Crippen LogP contribution in [0.25, 0.3) is 16.5 Å². The van der Waals surface area contributed by atoms with Gasteiger partial charge >= 0.3 is 0 Å². The number of hydrogen-bond donors (Lipinski definition) is 0. The molecule has 2 heterocycles. The van der Waals surface area contributed by atoms with Gasteiger partial charge in [-0.3, -0.25) is 0 Å². The molecule has 0 amide bonds. The van der Waals surface area contributed by atoms with Gasteiger partial charge < -0.3 is 4.57 Å². The van der Waals surface area contributed by atoms with Crippen LogP contribution in [0.3, 0.4) is 0 Å². The highest BCUT2D eigenvalue weighted by molar-refractivity contribution is 5.92. The molecule has 0 unspecified atom stereocenters. The van der Waals surface area contributed by atoms with Gasteiger partial charge in [-0.25, -0.2) is 0 Å². The van der Waals surface area contributed by atoms with E-state index in [0.29, 0.717) is 0 Å². The van der Waals surface area contributed by atoms with Gasteiger partial charge in [-0.15, -0.1) is 0 Å². The van der Waals surface area contributed by atoms with Crippen molar-refractivity contribution in [1.82, 2.24) is 14.8 Å². The van der Waals surface area contributed by atoms with E-state index >= 15 is 0 Å². The zero-order valence-electron chi connectivity index (χ0n) is 13.1. The molecular weight excluding hydrogens is 258 g/mol. The van der Waals surface area contributed by atoms with Gasteiger partial charge in [0.2, 0.25) is 0 Å². The van der Waals surface area contributed by atoms with Crippen molar-refractivity contribution >= 4 is 10.8 Å². The Bertz CT molecular complexity index is 738. The maximum absolute atomic E-state index is 4.44. The summed E-state index contributed by atoms with van der Waals surface area (Å²) in [6.45, 7) is 8.65. The highest BCUT2D eigenvalue weighted by Crippen LogP contribution is 2.32. The molecule has 0 radical (unpaired) electrons. The summed E-state index contributed by atoms with van der Waals surface area (Å²) in [6, 6.07) is 10.5. The number of rotatable bonds is 3. The van der Waals surface area contributed by atoms with E-state index in [1.807, 2.05) is 0 Å². The third kappa shape index (κ3) is 2.04. The molecule has 0 bridgehead atoms. The number of aromatic nitrogens is 3. The van der Waals surface area contributed by atoms with E-state index in [-0.39, 0.29) is 0 Å². The second-order valence-corrected chi connectivity index (χ2v) is 5.39. The Morgan fingerprint density at radius 3 is 1.71 bits per heavy atom. The Hall–Kier alpha value is -2.16. The average molecular weight is 279 g/mol. The Morgan fingerprint density at radius 1 is 0.810 bits per heavy atom. The lowest BCUT2D eigenvalue weighted by atomic mass is 10.1. The summed E-state index contributed by atoms with van der Waals surface area (Å²) in [4.78, 5) is 0. The standard InChI is InChI=1S/C18H21N3/c1-5-15-17-12(3)21(14-10-8-7-9-11-14)13(4)18(17)16(6-2)20-19-15/h7-11H,5-6H2,1-4H3. The van der Waals surface area contributed by atoms with Gasteiger partial charge in [0.15, 0.2) is 0 Å². The maximum atomic E-state index is 4.44. The molecule has 0 spiro atoms. The van der Waals surface area contributed by atoms with Crippen LogP contribution < -0.4 is 0 Å². The van der Waals surface area contributed by atoms with Crippen molar-refractivity contribution in [3.05, 3.63) is 53.1 Å². The van der Waals surface area contributed by atoms with Gasteiger partial charge in [-0.1, -0.05) is 32.0 Å². The Balaban J connectivity index is 2.43. The van der Waals surface area contributed by atoms with Crippen molar-refractivity contribution in [2.75, 3.05) is 0 Å². The van der Waals surface area contributed by atoms with E-state index in [9.17, 15) is 0 Å². The van der Waals surface area contributed by atoms with E-state index in [1.54, 1.807) is 0 Å². The molecule has 3 heteroatoms. The zero-order chi connectivity index (χ0) is 15.0. The van der Waals surface area contributed by atoms with Crippen molar-refractivity contribution in [1.29, 1.82) is 0 Å². The lowest BCUT2D eigenvalue weighted by molar-refractivity contribution is 0.884. The summed E-state index contributed by atoms with van der Waals surface area (Å²) in [5, 5.41) is 11.4. The van der Waals surface area contributed by atoms with E-state index in [2.05, 4.69) is 72.8 Å². The van der Waals surface area contributed by atoms with Crippen LogP contribution in [0.1, 0.15) is 36.6 Å². The largest absolute Gasteiger partial charge is 0.317 e. The van der Waals surface area contributed by atoms with E-state index < -0.39 is 0 Å². The van der Waals surface area contributed by atoms with Crippen LogP contribution in [0.5, 0.6) is 0 Å². The number of nitrogens with zero attached hydrogens (tertiary/aromatic N) is 3. The molecule has 3 nitrogen and oxygen atoms in total. The van der Waals surface area contributed by atoms with Crippen LogP contribution >= 0.6 is 0 Å². The fourth-order valence-corrected chi connectivity index (χ4v) is 3.22. The molecule has 2 aromatic heterocycles. The maximum Gasteiger partial charge on any atom is 0.0725 e. The molecule has 0 fully saturated rings. The molecule has 3 rings (SSSR count). The van der Waals surface area contributed by atoms with E-state index in [1.165, 1.54) is 27.8 Å². The number of aryl methyl sites for hydroxylation is 4. The molecule has 108 valence electrons. The topological polar surface area (TPSA) is 30.7 Å². The summed E-state index contributed by atoms with van der Waals surface area (Å²) in [5.74, 6) is 0. The molecule has 0 N–H and O–H groups in total. The minimum absolute atomic E-state index is 0.909. The monoisotopic (exact) mass is 279 g/mol. The molecule has 0 aliphatic carbocycles. The van der Waals surface area contributed by atoms with Gasteiger partial charge in [0.05, 0.1) is 11.4 Å². The van der Waals surface area contributed by atoms with Gasteiger partial charge in [0.1, 0.15) is 0 Å². The first-order chi connectivity index (χ1) is 10.2. The lowest BCUT2D eigenvalue weighted by Gasteiger charge is -2.08. The normalized spacial score (nSPS) is 11.2.